The highest BCUT2D eigenvalue weighted by Gasteiger charge is 2.16. The quantitative estimate of drug-likeness (QED) is 0.693. The Labute approximate surface area is 100 Å². The summed E-state index contributed by atoms with van der Waals surface area (Å²) in [6, 6.07) is 6.85. The summed E-state index contributed by atoms with van der Waals surface area (Å²) in [5, 5.41) is 5.57. The third kappa shape index (κ3) is 3.64. The molecule has 0 spiro atoms. The van der Waals surface area contributed by atoms with Gasteiger partial charge in [-0.2, -0.15) is 0 Å². The van der Waals surface area contributed by atoms with Crippen molar-refractivity contribution in [2.75, 3.05) is 30.8 Å². The fraction of sp³-hybridized carbons (Fsp3) is 0.417. The van der Waals surface area contributed by atoms with E-state index in [4.69, 9.17) is 10.5 Å². The highest BCUT2D eigenvalue weighted by Crippen LogP contribution is 2.12. The lowest BCUT2D eigenvalue weighted by Gasteiger charge is -2.10. The number of ether oxygens (including phenoxy) is 1. The molecular weight excluding hydrogens is 218 g/mol. The zero-order valence-electron chi connectivity index (χ0n) is 9.61. The molecule has 1 fully saturated rings. The van der Waals surface area contributed by atoms with Gasteiger partial charge in [-0.3, -0.25) is 0 Å². The Kier molecular flexibility index (Phi) is 3.82. The van der Waals surface area contributed by atoms with Gasteiger partial charge in [-0.05, 0) is 30.7 Å². The van der Waals surface area contributed by atoms with Crippen LogP contribution in [0, 0.1) is 5.92 Å². The lowest BCUT2D eigenvalue weighted by atomic mass is 10.1. The number of hydrogen-bond acceptors (Lipinski definition) is 3. The molecule has 1 heterocycles. The summed E-state index contributed by atoms with van der Waals surface area (Å²) >= 11 is 0. The van der Waals surface area contributed by atoms with Crippen LogP contribution >= 0.6 is 0 Å². The fourth-order valence-corrected chi connectivity index (χ4v) is 1.72. The third-order valence-electron chi connectivity index (χ3n) is 2.74. The van der Waals surface area contributed by atoms with Crippen molar-refractivity contribution in [2.45, 2.75) is 6.42 Å². The minimum absolute atomic E-state index is 0.193. The molecule has 92 valence electrons. The molecule has 0 aliphatic carbocycles. The molecule has 4 N–H and O–H groups in total. The Balaban J connectivity index is 1.74. The number of urea groups is 1. The topological polar surface area (TPSA) is 76.4 Å². The molecule has 0 aromatic heterocycles. The summed E-state index contributed by atoms with van der Waals surface area (Å²) in [4.78, 5) is 11.6. The number of nitrogen functional groups attached to an aromatic ring is 1. The van der Waals surface area contributed by atoms with Gasteiger partial charge in [0.05, 0.1) is 6.61 Å². The van der Waals surface area contributed by atoms with E-state index in [-0.39, 0.29) is 6.03 Å². The van der Waals surface area contributed by atoms with Crippen molar-refractivity contribution < 1.29 is 9.53 Å². The van der Waals surface area contributed by atoms with Crippen molar-refractivity contribution in [3.05, 3.63) is 24.3 Å². The molecule has 5 nitrogen and oxygen atoms in total. The fourth-order valence-electron chi connectivity index (χ4n) is 1.72. The van der Waals surface area contributed by atoms with E-state index in [1.807, 2.05) is 0 Å². The van der Waals surface area contributed by atoms with Crippen LogP contribution in [0.25, 0.3) is 0 Å². The number of amides is 2. The number of carbonyl (C=O) groups is 1. The number of carbonyl (C=O) groups excluding carboxylic acids is 1. The highest BCUT2D eigenvalue weighted by molar-refractivity contribution is 5.89. The van der Waals surface area contributed by atoms with Crippen LogP contribution in [-0.2, 0) is 4.74 Å². The number of rotatable bonds is 3. The van der Waals surface area contributed by atoms with Crippen molar-refractivity contribution in [3.63, 3.8) is 0 Å². The lowest BCUT2D eigenvalue weighted by molar-refractivity contribution is 0.185. The van der Waals surface area contributed by atoms with Gasteiger partial charge in [0, 0.05) is 30.4 Å². The molecule has 2 amide bonds. The monoisotopic (exact) mass is 235 g/mol. The summed E-state index contributed by atoms with van der Waals surface area (Å²) in [5.74, 6) is 0.437. The van der Waals surface area contributed by atoms with Gasteiger partial charge in [-0.25, -0.2) is 4.79 Å². The van der Waals surface area contributed by atoms with Crippen LogP contribution in [-0.4, -0.2) is 25.8 Å². The number of nitrogens with one attached hydrogen (secondary N) is 2. The molecule has 1 aliphatic rings. The average molecular weight is 235 g/mol. The smallest absolute Gasteiger partial charge is 0.319 e. The van der Waals surface area contributed by atoms with Crippen LogP contribution < -0.4 is 16.4 Å². The van der Waals surface area contributed by atoms with Crippen LogP contribution in [0.2, 0.25) is 0 Å². The summed E-state index contributed by atoms with van der Waals surface area (Å²) in [6.07, 6.45) is 1.02. The van der Waals surface area contributed by atoms with E-state index in [9.17, 15) is 4.79 Å². The summed E-state index contributed by atoms with van der Waals surface area (Å²) < 4.78 is 5.24. The molecule has 1 atom stereocenters. The van der Waals surface area contributed by atoms with E-state index in [1.165, 1.54) is 0 Å². The van der Waals surface area contributed by atoms with Crippen molar-refractivity contribution in [3.8, 4) is 0 Å². The second kappa shape index (κ2) is 5.54. The second-order valence-electron chi connectivity index (χ2n) is 4.19. The summed E-state index contributed by atoms with van der Waals surface area (Å²) in [5.41, 5.74) is 6.97. The molecule has 0 bridgehead atoms. The van der Waals surface area contributed by atoms with Crippen LogP contribution in [0.3, 0.4) is 0 Å². The largest absolute Gasteiger partial charge is 0.399 e. The van der Waals surface area contributed by atoms with Gasteiger partial charge in [0.2, 0.25) is 0 Å². The highest BCUT2D eigenvalue weighted by atomic mass is 16.5. The average Bonchev–Trinajstić information content (AvgIpc) is 2.83. The van der Waals surface area contributed by atoms with Crippen molar-refractivity contribution >= 4 is 17.4 Å². The van der Waals surface area contributed by atoms with Crippen LogP contribution in [0.4, 0.5) is 16.2 Å². The first kappa shape index (κ1) is 11.7. The Morgan fingerprint density at radius 1 is 1.41 bits per heavy atom. The number of nitrogens with two attached hydrogens (primary N) is 1. The summed E-state index contributed by atoms with van der Waals surface area (Å²) in [6.45, 7) is 2.19. The summed E-state index contributed by atoms with van der Waals surface area (Å²) in [7, 11) is 0. The lowest BCUT2D eigenvalue weighted by Crippen LogP contribution is -2.33. The van der Waals surface area contributed by atoms with Gasteiger partial charge in [0.25, 0.3) is 0 Å². The SMILES string of the molecule is Nc1ccc(NC(=O)NCC2CCOC2)cc1. The molecule has 0 saturated carbocycles. The van der Waals surface area contributed by atoms with E-state index >= 15 is 0 Å². The van der Waals surface area contributed by atoms with Crippen molar-refractivity contribution in [1.29, 1.82) is 0 Å². The molecule has 1 aromatic carbocycles. The molecule has 1 saturated heterocycles. The number of benzene rings is 1. The van der Waals surface area contributed by atoms with E-state index in [0.29, 0.717) is 18.2 Å². The first-order valence-electron chi connectivity index (χ1n) is 5.72. The van der Waals surface area contributed by atoms with E-state index in [1.54, 1.807) is 24.3 Å². The molecule has 5 heteroatoms. The Morgan fingerprint density at radius 3 is 2.82 bits per heavy atom. The van der Waals surface area contributed by atoms with E-state index < -0.39 is 0 Å². The Hall–Kier alpha value is -1.75. The normalized spacial score (nSPS) is 18.9. The number of anilines is 2. The zero-order valence-corrected chi connectivity index (χ0v) is 9.61. The first-order valence-corrected chi connectivity index (χ1v) is 5.72. The van der Waals surface area contributed by atoms with Gasteiger partial charge in [0.15, 0.2) is 0 Å². The molecule has 0 radical (unpaired) electrons. The van der Waals surface area contributed by atoms with Crippen molar-refractivity contribution in [2.24, 2.45) is 5.92 Å². The molecule has 1 aliphatic heterocycles. The molecule has 1 aromatic rings. The zero-order chi connectivity index (χ0) is 12.1. The molecule has 1 unspecified atom stereocenters. The minimum atomic E-state index is -0.193. The van der Waals surface area contributed by atoms with Gasteiger partial charge in [-0.15, -0.1) is 0 Å². The second-order valence-corrected chi connectivity index (χ2v) is 4.19. The van der Waals surface area contributed by atoms with Gasteiger partial charge < -0.3 is 21.1 Å². The van der Waals surface area contributed by atoms with Gasteiger partial charge in [-0.1, -0.05) is 0 Å². The van der Waals surface area contributed by atoms with Crippen LogP contribution in [0.1, 0.15) is 6.42 Å². The van der Waals surface area contributed by atoms with E-state index in [0.717, 1.165) is 25.3 Å². The molecular formula is C12H17N3O2. The van der Waals surface area contributed by atoms with Gasteiger partial charge in [0.1, 0.15) is 0 Å². The Morgan fingerprint density at radius 2 is 2.18 bits per heavy atom. The van der Waals surface area contributed by atoms with E-state index in [2.05, 4.69) is 10.6 Å². The Bertz CT molecular complexity index is 372. The van der Waals surface area contributed by atoms with Gasteiger partial charge >= 0.3 is 6.03 Å². The first-order chi connectivity index (χ1) is 8.24. The van der Waals surface area contributed by atoms with Crippen molar-refractivity contribution in [1.82, 2.24) is 5.32 Å². The maximum atomic E-state index is 11.6. The number of hydrogen-bond donors (Lipinski definition) is 3. The predicted molar refractivity (Wildman–Crippen MR) is 66.8 cm³/mol. The van der Waals surface area contributed by atoms with Crippen LogP contribution in [0.15, 0.2) is 24.3 Å². The minimum Gasteiger partial charge on any atom is -0.399 e. The standard InChI is InChI=1S/C12H17N3O2/c13-10-1-3-11(4-2-10)15-12(16)14-7-9-5-6-17-8-9/h1-4,9H,5-8,13H2,(H2,14,15,16). The predicted octanol–water partition coefficient (Wildman–Crippen LogP) is 1.43. The molecule has 17 heavy (non-hydrogen) atoms. The molecule has 2 rings (SSSR count). The maximum Gasteiger partial charge on any atom is 0.319 e. The third-order valence-corrected chi connectivity index (χ3v) is 2.74. The van der Waals surface area contributed by atoms with Crippen LogP contribution in [0.5, 0.6) is 0 Å². The maximum absolute atomic E-state index is 11.6.